The molecular weight excluding hydrogens is 284 g/mol. The van der Waals surface area contributed by atoms with Crippen molar-refractivity contribution in [3.8, 4) is 0 Å². The smallest absolute Gasteiger partial charge is 0.270 e. The van der Waals surface area contributed by atoms with Gasteiger partial charge in [0.25, 0.3) is 12.1 Å². The van der Waals surface area contributed by atoms with Gasteiger partial charge < -0.3 is 10.6 Å². The van der Waals surface area contributed by atoms with Crippen LogP contribution in [-0.2, 0) is 4.79 Å². The number of nitrogens with zero attached hydrogens (tertiary/aromatic N) is 1. The average molecular weight is 299 g/mol. The largest absolute Gasteiger partial charge is 0.374 e. The zero-order valence-electron chi connectivity index (χ0n) is 11.3. The maximum Gasteiger partial charge on any atom is 0.270 e. The lowest BCUT2D eigenvalue weighted by Gasteiger charge is -2.17. The van der Waals surface area contributed by atoms with E-state index in [1.807, 2.05) is 0 Å². The molecule has 0 saturated heterocycles. The molecule has 0 aromatic heterocycles. The minimum atomic E-state index is -2.87. The predicted molar refractivity (Wildman–Crippen MR) is 72.3 cm³/mol. The topological polar surface area (TPSA) is 84.3 Å². The van der Waals surface area contributed by atoms with E-state index in [1.165, 1.54) is 6.07 Å². The zero-order chi connectivity index (χ0) is 15.6. The number of non-ortho nitro benzene ring substituents is 1. The molecule has 0 radical (unpaired) electrons. The summed E-state index contributed by atoms with van der Waals surface area (Å²) in [6.07, 6.45) is -1.01. The molecular formula is C13H15F2N3O3. The van der Waals surface area contributed by atoms with Crippen molar-refractivity contribution < 1.29 is 18.5 Å². The molecule has 6 nitrogen and oxygen atoms in total. The molecule has 2 N–H and O–H groups in total. The van der Waals surface area contributed by atoms with Crippen molar-refractivity contribution in [1.82, 2.24) is 5.32 Å². The number of nitro benzene ring substituents is 1. The van der Waals surface area contributed by atoms with Crippen molar-refractivity contribution in [2.24, 2.45) is 0 Å². The second-order valence-corrected chi connectivity index (χ2v) is 4.98. The van der Waals surface area contributed by atoms with Gasteiger partial charge in [0.2, 0.25) is 5.91 Å². The zero-order valence-corrected chi connectivity index (χ0v) is 11.3. The van der Waals surface area contributed by atoms with Crippen molar-refractivity contribution in [3.63, 3.8) is 0 Å². The van der Waals surface area contributed by atoms with E-state index in [1.54, 1.807) is 6.92 Å². The van der Waals surface area contributed by atoms with Gasteiger partial charge in [0, 0.05) is 29.4 Å². The van der Waals surface area contributed by atoms with E-state index in [4.69, 9.17) is 0 Å². The number of nitro groups is 1. The highest BCUT2D eigenvalue weighted by atomic mass is 19.3. The molecule has 0 spiro atoms. The molecule has 1 aromatic carbocycles. The van der Waals surface area contributed by atoms with E-state index >= 15 is 0 Å². The molecule has 2 rings (SSSR count). The van der Waals surface area contributed by atoms with Gasteiger partial charge in [-0.25, -0.2) is 8.78 Å². The number of halogens is 2. The van der Waals surface area contributed by atoms with Gasteiger partial charge in [-0.05, 0) is 25.8 Å². The number of hydrogen-bond donors (Lipinski definition) is 2. The van der Waals surface area contributed by atoms with E-state index in [0.717, 1.165) is 25.0 Å². The number of rotatable bonds is 6. The Kier molecular flexibility index (Phi) is 4.35. The first-order valence-corrected chi connectivity index (χ1v) is 6.52. The summed E-state index contributed by atoms with van der Waals surface area (Å²) in [5.41, 5.74) is -0.879. The highest BCUT2D eigenvalue weighted by molar-refractivity contribution is 5.85. The Balaban J connectivity index is 2.13. The molecule has 0 heterocycles. The Morgan fingerprint density at radius 3 is 2.62 bits per heavy atom. The number of anilines is 1. The van der Waals surface area contributed by atoms with Gasteiger partial charge >= 0.3 is 0 Å². The Morgan fingerprint density at radius 2 is 2.10 bits per heavy atom. The van der Waals surface area contributed by atoms with Crippen LogP contribution in [0.25, 0.3) is 0 Å². The number of nitrogens with one attached hydrogen (secondary N) is 2. The summed E-state index contributed by atoms with van der Waals surface area (Å²) in [4.78, 5) is 21.7. The molecule has 8 heteroatoms. The van der Waals surface area contributed by atoms with Crippen LogP contribution in [0.5, 0.6) is 0 Å². The summed E-state index contributed by atoms with van der Waals surface area (Å²) in [5, 5.41) is 16.1. The Morgan fingerprint density at radius 1 is 1.43 bits per heavy atom. The highest BCUT2D eigenvalue weighted by Crippen LogP contribution is 2.31. The fourth-order valence-electron chi connectivity index (χ4n) is 1.83. The number of benzene rings is 1. The predicted octanol–water partition coefficient (Wildman–Crippen LogP) is 2.61. The number of carbonyl (C=O) groups excluding carboxylic acids is 1. The Hall–Kier alpha value is -2.25. The van der Waals surface area contributed by atoms with Crippen LogP contribution in [-0.4, -0.2) is 22.9 Å². The van der Waals surface area contributed by atoms with E-state index in [2.05, 4.69) is 10.6 Å². The SMILES string of the molecule is CC(Nc1ccc([N+](=O)[O-])cc1C(F)F)C(=O)NC1CC1. The number of alkyl halides is 2. The van der Waals surface area contributed by atoms with Crippen LogP contribution in [0.2, 0.25) is 0 Å². The quantitative estimate of drug-likeness (QED) is 0.624. The van der Waals surface area contributed by atoms with E-state index < -0.39 is 28.6 Å². The first-order valence-electron chi connectivity index (χ1n) is 6.52. The summed E-state index contributed by atoms with van der Waals surface area (Å²) in [6, 6.07) is 2.61. The van der Waals surface area contributed by atoms with Gasteiger partial charge in [0.15, 0.2) is 0 Å². The average Bonchev–Trinajstić information content (AvgIpc) is 3.22. The van der Waals surface area contributed by atoms with Crippen molar-refractivity contribution in [2.45, 2.75) is 38.3 Å². The van der Waals surface area contributed by atoms with Gasteiger partial charge in [-0.15, -0.1) is 0 Å². The summed E-state index contributed by atoms with van der Waals surface area (Å²) in [7, 11) is 0. The summed E-state index contributed by atoms with van der Waals surface area (Å²) in [6.45, 7) is 1.55. The van der Waals surface area contributed by atoms with Gasteiger partial charge in [-0.3, -0.25) is 14.9 Å². The van der Waals surface area contributed by atoms with E-state index in [-0.39, 0.29) is 17.6 Å². The lowest BCUT2D eigenvalue weighted by atomic mass is 10.1. The van der Waals surface area contributed by atoms with Gasteiger partial charge in [-0.2, -0.15) is 0 Å². The highest BCUT2D eigenvalue weighted by Gasteiger charge is 2.26. The molecule has 1 aliphatic rings. The van der Waals surface area contributed by atoms with Crippen LogP contribution in [0, 0.1) is 10.1 Å². The minimum Gasteiger partial charge on any atom is -0.374 e. The van der Waals surface area contributed by atoms with Crippen LogP contribution in [0.4, 0.5) is 20.2 Å². The third-order valence-corrected chi connectivity index (χ3v) is 3.17. The molecule has 1 aromatic rings. The third kappa shape index (κ3) is 3.87. The van der Waals surface area contributed by atoms with Gasteiger partial charge in [0.05, 0.1) is 4.92 Å². The van der Waals surface area contributed by atoms with Crippen LogP contribution >= 0.6 is 0 Å². The first kappa shape index (κ1) is 15.1. The Labute approximate surface area is 119 Å². The van der Waals surface area contributed by atoms with Crippen LogP contribution in [0.15, 0.2) is 18.2 Å². The fourth-order valence-corrected chi connectivity index (χ4v) is 1.83. The maximum absolute atomic E-state index is 13.0. The number of carbonyl (C=O) groups is 1. The molecule has 114 valence electrons. The molecule has 1 amide bonds. The normalized spacial score (nSPS) is 15.6. The van der Waals surface area contributed by atoms with Crippen molar-refractivity contribution in [1.29, 1.82) is 0 Å². The second kappa shape index (κ2) is 6.02. The van der Waals surface area contributed by atoms with Crippen LogP contribution < -0.4 is 10.6 Å². The standard InChI is InChI=1S/C13H15F2N3O3/c1-7(13(19)17-8-2-3-8)16-11-5-4-9(18(20)21)6-10(11)12(14)15/h4-8,12,16H,2-3H2,1H3,(H,17,19). The lowest BCUT2D eigenvalue weighted by molar-refractivity contribution is -0.385. The van der Waals surface area contributed by atoms with Gasteiger partial charge in [0.1, 0.15) is 6.04 Å². The van der Waals surface area contributed by atoms with Crippen molar-refractivity contribution in [2.75, 3.05) is 5.32 Å². The first-order chi connectivity index (χ1) is 9.88. The van der Waals surface area contributed by atoms with Gasteiger partial charge in [-0.1, -0.05) is 0 Å². The molecule has 1 atom stereocenters. The number of amides is 1. The molecule has 1 aliphatic carbocycles. The minimum absolute atomic E-state index is 0.0223. The molecule has 1 saturated carbocycles. The molecule has 0 bridgehead atoms. The molecule has 1 fully saturated rings. The number of hydrogen-bond acceptors (Lipinski definition) is 4. The second-order valence-electron chi connectivity index (χ2n) is 4.98. The summed E-state index contributed by atoms with van der Waals surface area (Å²) in [5.74, 6) is -0.281. The molecule has 0 aliphatic heterocycles. The summed E-state index contributed by atoms with van der Waals surface area (Å²) >= 11 is 0. The third-order valence-electron chi connectivity index (χ3n) is 3.17. The van der Waals surface area contributed by atoms with Crippen LogP contribution in [0.3, 0.4) is 0 Å². The Bertz CT molecular complexity index is 562. The van der Waals surface area contributed by atoms with Crippen molar-refractivity contribution >= 4 is 17.3 Å². The van der Waals surface area contributed by atoms with E-state index in [0.29, 0.717) is 0 Å². The molecule has 1 unspecified atom stereocenters. The van der Waals surface area contributed by atoms with E-state index in [9.17, 15) is 23.7 Å². The fraction of sp³-hybridized carbons (Fsp3) is 0.462. The van der Waals surface area contributed by atoms with Crippen LogP contribution in [0.1, 0.15) is 31.8 Å². The summed E-state index contributed by atoms with van der Waals surface area (Å²) < 4.78 is 26.0. The lowest BCUT2D eigenvalue weighted by Crippen LogP contribution is -2.38. The molecule has 21 heavy (non-hydrogen) atoms. The monoisotopic (exact) mass is 299 g/mol. The maximum atomic E-state index is 13.0. The van der Waals surface area contributed by atoms with Crippen molar-refractivity contribution in [3.05, 3.63) is 33.9 Å².